The van der Waals surface area contributed by atoms with Crippen molar-refractivity contribution in [2.45, 2.75) is 37.6 Å². The molecule has 1 aliphatic rings. The third-order valence-electron chi connectivity index (χ3n) is 5.70. The summed E-state index contributed by atoms with van der Waals surface area (Å²) in [5.41, 5.74) is 1.75. The number of hydrogen-bond donors (Lipinski definition) is 2. The van der Waals surface area contributed by atoms with Gasteiger partial charge in [-0.25, -0.2) is 13.1 Å². The molecule has 1 atom stereocenters. The van der Waals surface area contributed by atoms with E-state index in [0.29, 0.717) is 17.2 Å². The van der Waals surface area contributed by atoms with Gasteiger partial charge >= 0.3 is 0 Å². The Hall–Kier alpha value is -1.93. The number of carbonyl (C=O) groups excluding carboxylic acids is 1. The van der Waals surface area contributed by atoms with Gasteiger partial charge in [-0.3, -0.25) is 4.79 Å². The summed E-state index contributed by atoms with van der Waals surface area (Å²) in [6.07, 6.45) is 1.93. The molecule has 1 aliphatic heterocycles. The standard InChI is InChI=1S/C22H28ClN3O3S/c1-15-6-4-5-7-19(15)22(27)24-21-9-8-18(14-20(21)23)30(28,29)25-16(2)17-10-12-26(3)13-11-17/h4-9,14,16-17,25H,10-13H2,1-3H3,(H,24,27)/t16-/m1/s1. The number of halogens is 1. The predicted octanol–water partition coefficient (Wildman–Crippen LogP) is 3.91. The SMILES string of the molecule is Cc1ccccc1C(=O)Nc1ccc(S(=O)(=O)N[C@H](C)C2CCN(C)CC2)cc1Cl. The van der Waals surface area contributed by atoms with E-state index in [1.54, 1.807) is 12.1 Å². The maximum absolute atomic E-state index is 12.8. The van der Waals surface area contributed by atoms with Crippen molar-refractivity contribution in [1.29, 1.82) is 0 Å². The van der Waals surface area contributed by atoms with Gasteiger partial charge in [-0.1, -0.05) is 29.8 Å². The van der Waals surface area contributed by atoms with E-state index in [9.17, 15) is 13.2 Å². The van der Waals surface area contributed by atoms with Crippen LogP contribution in [-0.2, 0) is 10.0 Å². The van der Waals surface area contributed by atoms with E-state index >= 15 is 0 Å². The van der Waals surface area contributed by atoms with Gasteiger partial charge in [-0.15, -0.1) is 0 Å². The number of likely N-dealkylation sites (tertiary alicyclic amines) is 1. The molecule has 0 spiro atoms. The van der Waals surface area contributed by atoms with E-state index in [0.717, 1.165) is 31.5 Å². The molecule has 1 heterocycles. The number of nitrogens with one attached hydrogen (secondary N) is 2. The van der Waals surface area contributed by atoms with Gasteiger partial charge in [0.15, 0.2) is 0 Å². The van der Waals surface area contributed by atoms with Crippen LogP contribution in [-0.4, -0.2) is 45.4 Å². The molecule has 2 aromatic carbocycles. The molecule has 0 aliphatic carbocycles. The maximum Gasteiger partial charge on any atom is 0.255 e. The van der Waals surface area contributed by atoms with Crippen molar-refractivity contribution in [3.63, 3.8) is 0 Å². The van der Waals surface area contributed by atoms with E-state index in [2.05, 4.69) is 22.0 Å². The summed E-state index contributed by atoms with van der Waals surface area (Å²) in [6.45, 7) is 5.70. The number of amides is 1. The van der Waals surface area contributed by atoms with E-state index in [1.165, 1.54) is 18.2 Å². The van der Waals surface area contributed by atoms with Crippen LogP contribution in [0.4, 0.5) is 5.69 Å². The number of sulfonamides is 1. The lowest BCUT2D eigenvalue weighted by Gasteiger charge is -2.32. The van der Waals surface area contributed by atoms with Gasteiger partial charge in [0.05, 0.1) is 15.6 Å². The number of aryl methyl sites for hydroxylation is 1. The average molecular weight is 450 g/mol. The van der Waals surface area contributed by atoms with E-state index < -0.39 is 10.0 Å². The molecule has 1 saturated heterocycles. The molecular weight excluding hydrogens is 422 g/mol. The predicted molar refractivity (Wildman–Crippen MR) is 121 cm³/mol. The van der Waals surface area contributed by atoms with Gasteiger partial charge in [0.25, 0.3) is 5.91 Å². The van der Waals surface area contributed by atoms with Crippen molar-refractivity contribution in [2.24, 2.45) is 5.92 Å². The van der Waals surface area contributed by atoms with Crippen LogP contribution in [0.1, 0.15) is 35.7 Å². The number of carbonyl (C=O) groups is 1. The summed E-state index contributed by atoms with van der Waals surface area (Å²) in [5.74, 6) is 0.0127. The summed E-state index contributed by atoms with van der Waals surface area (Å²) in [5, 5.41) is 2.92. The smallest absolute Gasteiger partial charge is 0.255 e. The van der Waals surface area contributed by atoms with Crippen LogP contribution in [0.3, 0.4) is 0 Å². The minimum atomic E-state index is -3.71. The fraction of sp³-hybridized carbons (Fsp3) is 0.409. The van der Waals surface area contributed by atoms with E-state index in [-0.39, 0.29) is 21.9 Å². The lowest BCUT2D eigenvalue weighted by atomic mass is 9.91. The van der Waals surface area contributed by atoms with Crippen LogP contribution in [0.2, 0.25) is 5.02 Å². The Morgan fingerprint density at radius 1 is 1.17 bits per heavy atom. The van der Waals surface area contributed by atoms with Gasteiger partial charge < -0.3 is 10.2 Å². The highest BCUT2D eigenvalue weighted by molar-refractivity contribution is 7.89. The van der Waals surface area contributed by atoms with Crippen molar-refractivity contribution in [3.8, 4) is 0 Å². The van der Waals surface area contributed by atoms with Gasteiger partial charge in [0, 0.05) is 11.6 Å². The van der Waals surface area contributed by atoms with Crippen molar-refractivity contribution in [2.75, 3.05) is 25.5 Å². The fourth-order valence-corrected chi connectivity index (χ4v) is 5.35. The molecule has 2 aromatic rings. The molecule has 1 fully saturated rings. The fourth-order valence-electron chi connectivity index (χ4n) is 3.72. The van der Waals surface area contributed by atoms with Crippen LogP contribution >= 0.6 is 11.6 Å². The minimum absolute atomic E-state index is 0.0844. The van der Waals surface area contributed by atoms with Crippen molar-refractivity contribution in [3.05, 3.63) is 58.6 Å². The van der Waals surface area contributed by atoms with Gasteiger partial charge in [0.2, 0.25) is 10.0 Å². The Bertz CT molecular complexity index is 1020. The molecule has 0 bridgehead atoms. The molecular formula is C22H28ClN3O3S. The van der Waals surface area contributed by atoms with Crippen LogP contribution in [0.5, 0.6) is 0 Å². The van der Waals surface area contributed by atoms with Gasteiger partial charge in [-0.2, -0.15) is 0 Å². The first-order chi connectivity index (χ1) is 14.2. The molecule has 6 nitrogen and oxygen atoms in total. The first-order valence-electron chi connectivity index (χ1n) is 10.0. The van der Waals surface area contributed by atoms with Crippen molar-refractivity contribution < 1.29 is 13.2 Å². The summed E-state index contributed by atoms with van der Waals surface area (Å²) >= 11 is 6.30. The Kier molecular flexibility index (Phi) is 7.18. The topological polar surface area (TPSA) is 78.5 Å². The lowest BCUT2D eigenvalue weighted by molar-refractivity contribution is 0.102. The largest absolute Gasteiger partial charge is 0.321 e. The Morgan fingerprint density at radius 2 is 1.83 bits per heavy atom. The molecule has 162 valence electrons. The van der Waals surface area contributed by atoms with Crippen LogP contribution in [0.15, 0.2) is 47.4 Å². The molecule has 8 heteroatoms. The highest BCUT2D eigenvalue weighted by atomic mass is 35.5. The van der Waals surface area contributed by atoms with Crippen molar-refractivity contribution in [1.82, 2.24) is 9.62 Å². The van der Waals surface area contributed by atoms with Crippen molar-refractivity contribution >= 4 is 33.2 Å². The number of anilines is 1. The zero-order valence-electron chi connectivity index (χ0n) is 17.5. The molecule has 0 unspecified atom stereocenters. The summed E-state index contributed by atoms with van der Waals surface area (Å²) in [7, 11) is -1.63. The third kappa shape index (κ3) is 5.40. The molecule has 2 N–H and O–H groups in total. The third-order valence-corrected chi connectivity index (χ3v) is 7.57. The Labute approximate surface area is 183 Å². The quantitative estimate of drug-likeness (QED) is 0.700. The number of nitrogens with zero attached hydrogens (tertiary/aromatic N) is 1. The Balaban J connectivity index is 1.70. The van der Waals surface area contributed by atoms with Gasteiger partial charge in [-0.05, 0) is 82.6 Å². The summed E-state index contributed by atoms with van der Waals surface area (Å²) in [6, 6.07) is 11.4. The second kappa shape index (κ2) is 9.47. The zero-order chi connectivity index (χ0) is 21.9. The monoisotopic (exact) mass is 449 g/mol. The summed E-state index contributed by atoms with van der Waals surface area (Å²) in [4.78, 5) is 14.8. The van der Waals surface area contributed by atoms with E-state index in [1.807, 2.05) is 26.0 Å². The zero-order valence-corrected chi connectivity index (χ0v) is 19.1. The number of benzene rings is 2. The second-order valence-corrected chi connectivity index (χ2v) is 10.1. The Morgan fingerprint density at radius 3 is 2.47 bits per heavy atom. The normalized spacial score (nSPS) is 16.9. The molecule has 0 saturated carbocycles. The minimum Gasteiger partial charge on any atom is -0.321 e. The summed E-state index contributed by atoms with van der Waals surface area (Å²) < 4.78 is 28.5. The molecule has 3 rings (SSSR count). The highest BCUT2D eigenvalue weighted by Gasteiger charge is 2.27. The molecule has 0 radical (unpaired) electrons. The molecule has 1 amide bonds. The van der Waals surface area contributed by atoms with E-state index in [4.69, 9.17) is 11.6 Å². The molecule has 0 aromatic heterocycles. The molecule has 30 heavy (non-hydrogen) atoms. The number of hydrogen-bond acceptors (Lipinski definition) is 4. The lowest BCUT2D eigenvalue weighted by Crippen LogP contribution is -2.42. The highest BCUT2D eigenvalue weighted by Crippen LogP contribution is 2.27. The second-order valence-electron chi connectivity index (χ2n) is 7.96. The first-order valence-corrected chi connectivity index (χ1v) is 11.9. The average Bonchev–Trinajstić information content (AvgIpc) is 2.69. The van der Waals surface area contributed by atoms with Gasteiger partial charge in [0.1, 0.15) is 0 Å². The number of rotatable bonds is 6. The van der Waals surface area contributed by atoms with Crippen LogP contribution in [0, 0.1) is 12.8 Å². The first kappa shape index (κ1) is 22.7. The maximum atomic E-state index is 12.8. The van der Waals surface area contributed by atoms with Crippen LogP contribution < -0.4 is 10.0 Å². The number of piperidine rings is 1. The van der Waals surface area contributed by atoms with Crippen LogP contribution in [0.25, 0.3) is 0 Å².